The molecule has 0 bridgehead atoms. The number of furan rings is 1. The molecule has 6 nitrogen and oxygen atoms in total. The van der Waals surface area contributed by atoms with E-state index in [4.69, 9.17) is 28.8 Å². The number of ether oxygens (including phenoxy) is 2. The van der Waals surface area contributed by atoms with Crippen LogP contribution in [0.25, 0.3) is 78.4 Å². The number of benzene rings is 9. The maximum atomic E-state index is 7.09. The minimum atomic E-state index is -0.562. The molecule has 1 aliphatic heterocycles. The highest BCUT2D eigenvalue weighted by Gasteiger charge is 2.48. The second-order valence-corrected chi connectivity index (χ2v) is 16.2. The summed E-state index contributed by atoms with van der Waals surface area (Å²) in [7, 11) is 0. The van der Waals surface area contributed by atoms with Crippen LogP contribution in [0.4, 0.5) is 0 Å². The number of fused-ring (bicyclic) bond motifs is 9. The van der Waals surface area contributed by atoms with E-state index in [1.165, 1.54) is 16.7 Å². The third-order valence-electron chi connectivity index (χ3n) is 12.7. The lowest BCUT2D eigenvalue weighted by Crippen LogP contribution is -2.28. The summed E-state index contributed by atoms with van der Waals surface area (Å²) in [5.74, 6) is 4.25. The molecule has 0 radical (unpaired) electrons. The highest BCUT2D eigenvalue weighted by Crippen LogP contribution is 2.63. The topological polar surface area (TPSA) is 70.3 Å². The van der Waals surface area contributed by atoms with Gasteiger partial charge in [-0.15, -0.1) is 0 Å². The first-order valence-corrected chi connectivity index (χ1v) is 21.4. The number of rotatable bonds is 6. The van der Waals surface area contributed by atoms with Crippen molar-refractivity contribution in [1.29, 1.82) is 0 Å². The van der Waals surface area contributed by atoms with Gasteiger partial charge in [0, 0.05) is 38.6 Å². The monoisotopic (exact) mass is 821 g/mol. The number of nitrogens with zero attached hydrogens (tertiary/aromatic N) is 3. The Morgan fingerprint density at radius 1 is 0.344 bits per heavy atom. The highest BCUT2D eigenvalue weighted by molar-refractivity contribution is 6.05. The van der Waals surface area contributed by atoms with E-state index in [2.05, 4.69) is 133 Å². The summed E-state index contributed by atoms with van der Waals surface area (Å²) in [6.45, 7) is 0. The predicted molar refractivity (Wildman–Crippen MR) is 253 cm³/mol. The molecule has 0 N–H and O–H groups in total. The first-order chi connectivity index (χ1) is 31.7. The molecule has 2 aromatic heterocycles. The van der Waals surface area contributed by atoms with Gasteiger partial charge < -0.3 is 13.9 Å². The highest BCUT2D eigenvalue weighted by atomic mass is 16.6. The minimum Gasteiger partial charge on any atom is -0.456 e. The van der Waals surface area contributed by atoms with Crippen LogP contribution in [-0.4, -0.2) is 15.0 Å². The summed E-state index contributed by atoms with van der Waals surface area (Å²) >= 11 is 0. The Labute approximate surface area is 368 Å². The van der Waals surface area contributed by atoms with Crippen molar-refractivity contribution in [3.8, 4) is 79.4 Å². The van der Waals surface area contributed by atoms with Gasteiger partial charge >= 0.3 is 0 Å². The van der Waals surface area contributed by atoms with E-state index in [1.807, 2.05) is 78.9 Å². The van der Waals surface area contributed by atoms with E-state index in [0.717, 1.165) is 66.4 Å². The zero-order valence-corrected chi connectivity index (χ0v) is 34.3. The van der Waals surface area contributed by atoms with Gasteiger partial charge in [0.05, 0.1) is 5.41 Å². The van der Waals surface area contributed by atoms with Gasteiger partial charge in [0.15, 0.2) is 40.5 Å². The van der Waals surface area contributed by atoms with Gasteiger partial charge in [-0.2, -0.15) is 0 Å². The van der Waals surface area contributed by atoms with Crippen LogP contribution in [0.1, 0.15) is 22.3 Å². The number of hydrogen-bond donors (Lipinski definition) is 0. The molecule has 0 atom stereocenters. The SMILES string of the molecule is c1ccc(-c2nc(-c3ccc4c(c3)oc3ccccc34)nc(-c3ccccc3-c3cccc4c3Oc3ccc5c(c3O4)-c3ccccc3C5(c3ccccc3)c3ccccc3)n2)cc1. The number of aromatic nitrogens is 3. The molecule has 0 amide bonds. The molecule has 0 saturated heterocycles. The maximum Gasteiger partial charge on any atom is 0.178 e. The molecule has 3 heterocycles. The largest absolute Gasteiger partial charge is 0.456 e. The average molecular weight is 822 g/mol. The summed E-state index contributed by atoms with van der Waals surface area (Å²) < 4.78 is 20.4. The molecular formula is C58H35N3O3. The fourth-order valence-corrected chi connectivity index (χ4v) is 9.92. The molecular weight excluding hydrogens is 787 g/mol. The van der Waals surface area contributed by atoms with E-state index >= 15 is 0 Å². The van der Waals surface area contributed by atoms with Crippen LogP contribution in [0.5, 0.6) is 23.0 Å². The molecule has 6 heteroatoms. The van der Waals surface area contributed by atoms with Gasteiger partial charge in [0.1, 0.15) is 11.2 Å². The van der Waals surface area contributed by atoms with Crippen molar-refractivity contribution in [3.63, 3.8) is 0 Å². The molecule has 0 unspecified atom stereocenters. The summed E-state index contributed by atoms with van der Waals surface area (Å²) in [6, 6.07) is 73.0. The lowest BCUT2D eigenvalue weighted by Gasteiger charge is -2.34. The first-order valence-electron chi connectivity index (χ1n) is 21.4. The van der Waals surface area contributed by atoms with Crippen LogP contribution in [-0.2, 0) is 5.41 Å². The third kappa shape index (κ3) is 5.42. The lowest BCUT2D eigenvalue weighted by molar-refractivity contribution is 0.361. The Hall–Kier alpha value is -8.61. The van der Waals surface area contributed by atoms with Gasteiger partial charge in [0.2, 0.25) is 0 Å². The van der Waals surface area contributed by atoms with E-state index < -0.39 is 5.41 Å². The van der Waals surface area contributed by atoms with Crippen molar-refractivity contribution >= 4 is 21.9 Å². The third-order valence-corrected chi connectivity index (χ3v) is 12.7. The van der Waals surface area contributed by atoms with Gasteiger partial charge in [0.25, 0.3) is 0 Å². The quantitative estimate of drug-likeness (QED) is 0.166. The summed E-state index contributed by atoms with van der Waals surface area (Å²) in [6.07, 6.45) is 0. The summed E-state index contributed by atoms with van der Waals surface area (Å²) in [5, 5.41) is 2.11. The minimum absolute atomic E-state index is 0.534. The normalized spacial score (nSPS) is 13.1. The van der Waals surface area contributed by atoms with Gasteiger partial charge in [-0.3, -0.25) is 0 Å². The number of hydrogen-bond acceptors (Lipinski definition) is 6. The summed E-state index contributed by atoms with van der Waals surface area (Å²) in [5.41, 5.74) is 12.2. The van der Waals surface area contributed by atoms with Crippen molar-refractivity contribution in [1.82, 2.24) is 15.0 Å². The van der Waals surface area contributed by atoms with Crippen LogP contribution in [0, 0.1) is 0 Å². The van der Waals surface area contributed by atoms with E-state index in [0.29, 0.717) is 40.5 Å². The van der Waals surface area contributed by atoms with Crippen molar-refractivity contribution in [2.45, 2.75) is 5.41 Å². The number of para-hydroxylation sites is 2. The molecule has 300 valence electrons. The van der Waals surface area contributed by atoms with Crippen LogP contribution in [0.15, 0.2) is 217 Å². The summed E-state index contributed by atoms with van der Waals surface area (Å²) in [4.78, 5) is 15.4. The molecule has 13 rings (SSSR count). The smallest absolute Gasteiger partial charge is 0.178 e. The van der Waals surface area contributed by atoms with Gasteiger partial charge in [-0.05, 0) is 63.7 Å². The molecule has 2 aliphatic rings. The standard InChI is InChI=1S/C58H35N3O3/c1-4-17-36(18-5-1)55-59-56(37-31-32-42-41-24-13-15-29-48(41)62-51(42)35-37)61-57(60-55)44-25-11-10-23-40(44)43-27-16-30-49-53(43)63-50-34-33-47-52(54(50)64-49)45-26-12-14-28-46(45)58(47,38-19-6-2-7-20-38)39-21-8-3-9-22-39/h1-35H. The molecule has 1 aliphatic carbocycles. The maximum absolute atomic E-state index is 7.09. The van der Waals surface area contributed by atoms with E-state index in [1.54, 1.807) is 0 Å². The second-order valence-electron chi connectivity index (χ2n) is 16.2. The Balaban J connectivity index is 0.952. The van der Waals surface area contributed by atoms with Crippen molar-refractivity contribution in [2.75, 3.05) is 0 Å². The molecule has 0 spiro atoms. The van der Waals surface area contributed by atoms with Crippen molar-refractivity contribution < 1.29 is 13.9 Å². The molecule has 9 aromatic carbocycles. The fourth-order valence-electron chi connectivity index (χ4n) is 9.92. The Kier molecular flexibility index (Phi) is 8.02. The second kappa shape index (κ2) is 14.2. The average Bonchev–Trinajstić information content (AvgIpc) is 3.90. The van der Waals surface area contributed by atoms with Gasteiger partial charge in [-0.25, -0.2) is 15.0 Å². The van der Waals surface area contributed by atoms with Gasteiger partial charge in [-0.1, -0.05) is 182 Å². The Morgan fingerprint density at radius 2 is 0.922 bits per heavy atom. The van der Waals surface area contributed by atoms with Crippen molar-refractivity contribution in [2.24, 2.45) is 0 Å². The van der Waals surface area contributed by atoms with Crippen LogP contribution in [0.3, 0.4) is 0 Å². The zero-order valence-electron chi connectivity index (χ0n) is 34.3. The lowest BCUT2D eigenvalue weighted by atomic mass is 9.68. The molecule has 0 fully saturated rings. The first kappa shape index (κ1) is 36.1. The van der Waals surface area contributed by atoms with Crippen LogP contribution in [0.2, 0.25) is 0 Å². The van der Waals surface area contributed by atoms with E-state index in [-0.39, 0.29) is 0 Å². The molecule has 0 saturated carbocycles. The predicted octanol–water partition coefficient (Wildman–Crippen LogP) is 14.7. The zero-order chi connectivity index (χ0) is 42.2. The van der Waals surface area contributed by atoms with E-state index in [9.17, 15) is 0 Å². The molecule has 64 heavy (non-hydrogen) atoms. The fraction of sp³-hybridized carbons (Fsp3) is 0.0172. The Bertz CT molecular complexity index is 3580. The van der Waals surface area contributed by atoms with Crippen molar-refractivity contribution in [3.05, 3.63) is 235 Å². The Morgan fingerprint density at radius 3 is 1.70 bits per heavy atom. The van der Waals surface area contributed by atoms with Crippen LogP contribution >= 0.6 is 0 Å². The van der Waals surface area contributed by atoms with Crippen LogP contribution < -0.4 is 9.47 Å². The molecule has 11 aromatic rings.